The van der Waals surface area contributed by atoms with Gasteiger partial charge in [-0.1, -0.05) is 18.2 Å². The summed E-state index contributed by atoms with van der Waals surface area (Å²) < 4.78 is 25.3. The second-order valence-corrected chi connectivity index (χ2v) is 10.0. The van der Waals surface area contributed by atoms with Crippen molar-refractivity contribution < 1.29 is 18.6 Å². The first-order valence-electron chi connectivity index (χ1n) is 10.3. The minimum atomic E-state index is -3.26. The van der Waals surface area contributed by atoms with E-state index in [1.54, 1.807) is 6.20 Å². The summed E-state index contributed by atoms with van der Waals surface area (Å²) in [5.41, 5.74) is 5.95. The zero-order valence-corrected chi connectivity index (χ0v) is 19.2. The van der Waals surface area contributed by atoms with E-state index in [0.717, 1.165) is 0 Å². The number of carbonyl (C=O) groups is 1. The van der Waals surface area contributed by atoms with Crippen LogP contribution in [0.5, 0.6) is 0 Å². The molecule has 8 nitrogen and oxygen atoms in total. The van der Waals surface area contributed by atoms with Gasteiger partial charge < -0.3 is 19.9 Å². The van der Waals surface area contributed by atoms with Gasteiger partial charge in [0.05, 0.1) is 12.7 Å². The molecule has 0 aromatic carbocycles. The second-order valence-electron chi connectivity index (χ2n) is 8.16. The second kappa shape index (κ2) is 10.6. The maximum Gasteiger partial charge on any atom is 0.341 e. The van der Waals surface area contributed by atoms with Gasteiger partial charge in [-0.05, 0) is 34.1 Å². The van der Waals surface area contributed by atoms with Gasteiger partial charge >= 0.3 is 7.67 Å². The quantitative estimate of drug-likeness (QED) is 0.336. The summed E-state index contributed by atoms with van der Waals surface area (Å²) in [7, 11) is -3.26. The van der Waals surface area contributed by atoms with E-state index < -0.39 is 19.8 Å². The van der Waals surface area contributed by atoms with Gasteiger partial charge in [0, 0.05) is 41.9 Å². The molecule has 0 radical (unpaired) electrons. The Hall–Kier alpha value is -1.70. The molecule has 168 valence electrons. The van der Waals surface area contributed by atoms with Crippen molar-refractivity contribution in [1.82, 2.24) is 15.1 Å². The van der Waals surface area contributed by atoms with E-state index in [-0.39, 0.29) is 36.6 Å². The number of allylic oxidation sites excluding steroid dienone is 1. The van der Waals surface area contributed by atoms with Crippen molar-refractivity contribution in [3.63, 3.8) is 0 Å². The molecule has 1 fully saturated rings. The van der Waals surface area contributed by atoms with Gasteiger partial charge in [-0.25, -0.2) is 10.2 Å². The molecule has 30 heavy (non-hydrogen) atoms. The van der Waals surface area contributed by atoms with Crippen LogP contribution >= 0.6 is 7.67 Å². The lowest BCUT2D eigenvalue weighted by molar-refractivity contribution is -0.114. The lowest BCUT2D eigenvalue weighted by Gasteiger charge is -2.30. The molecule has 1 saturated heterocycles. The van der Waals surface area contributed by atoms with E-state index in [1.165, 1.54) is 0 Å². The van der Waals surface area contributed by atoms with E-state index in [1.807, 2.05) is 57.0 Å². The lowest BCUT2D eigenvalue weighted by Crippen LogP contribution is -2.35. The van der Waals surface area contributed by atoms with Gasteiger partial charge in [0.1, 0.15) is 6.23 Å². The topological polar surface area (TPSA) is 106 Å². The summed E-state index contributed by atoms with van der Waals surface area (Å²) in [4.78, 5) is 13.4. The Balaban J connectivity index is 2.18. The molecule has 0 saturated carbocycles. The van der Waals surface area contributed by atoms with Gasteiger partial charge in [0.25, 0.3) is 0 Å². The molecule has 1 amide bonds. The molecular formula is C21H35N4O4P. The van der Waals surface area contributed by atoms with Crippen molar-refractivity contribution in [2.45, 2.75) is 58.5 Å². The summed E-state index contributed by atoms with van der Waals surface area (Å²) in [6.45, 7) is 15.6. The number of hydrogen-bond acceptors (Lipinski definition) is 5. The van der Waals surface area contributed by atoms with Gasteiger partial charge in [-0.2, -0.15) is 0 Å². The first-order valence-corrected chi connectivity index (χ1v) is 11.9. The number of carbonyl (C=O) groups excluding carboxylic acids is 1. The molecule has 4 atom stereocenters. The highest BCUT2D eigenvalue weighted by Gasteiger charge is 2.44. The van der Waals surface area contributed by atoms with Crippen LogP contribution in [-0.4, -0.2) is 41.8 Å². The molecule has 0 aromatic rings. The molecule has 0 spiro atoms. The summed E-state index contributed by atoms with van der Waals surface area (Å²) >= 11 is 0. The van der Waals surface area contributed by atoms with Crippen LogP contribution in [0.25, 0.3) is 0 Å². The predicted molar refractivity (Wildman–Crippen MR) is 119 cm³/mol. The van der Waals surface area contributed by atoms with E-state index >= 15 is 0 Å². The van der Waals surface area contributed by atoms with Crippen LogP contribution in [0.4, 0.5) is 0 Å². The molecule has 2 aliphatic rings. The first kappa shape index (κ1) is 24.6. The van der Waals surface area contributed by atoms with Gasteiger partial charge in [0.2, 0.25) is 5.91 Å². The Morgan fingerprint density at radius 3 is 2.40 bits per heavy atom. The molecular weight excluding hydrogens is 403 g/mol. The third-order valence-electron chi connectivity index (χ3n) is 4.87. The molecule has 9 heteroatoms. The summed E-state index contributed by atoms with van der Waals surface area (Å²) in [5, 5.41) is 6.00. The smallest absolute Gasteiger partial charge is 0.341 e. The SMILES string of the molecule is C=C[C@@H]1[C@H](C=C)[C@@H](COP(=O)(NC(C)C)NC(C)C)O[C@H]1N1C=CCC(C(N)=O)=C1. The number of ether oxygens (including phenoxy) is 1. The molecule has 0 aromatic heterocycles. The number of nitrogens with zero attached hydrogens (tertiary/aromatic N) is 1. The standard InChI is InChI=1S/C21H35N4O4P/c1-7-17-18(8-2)21(25-11-9-10-16(12-25)20(22)26)29-19(17)13-28-30(27,23-14(3)4)24-15(5)6/h7-9,11-12,14-15,17-19,21H,1-2,10,13H2,3-6H3,(H2,22,26)(H2,23,24,27)/t17-,18+,19+,21+/m0/s1. The Morgan fingerprint density at radius 1 is 1.30 bits per heavy atom. The van der Waals surface area contributed by atoms with Gasteiger partial charge in [0.15, 0.2) is 0 Å². The number of nitrogens with one attached hydrogen (secondary N) is 2. The highest BCUT2D eigenvalue weighted by atomic mass is 31.2. The van der Waals surface area contributed by atoms with Crippen molar-refractivity contribution >= 4 is 13.6 Å². The van der Waals surface area contributed by atoms with Crippen molar-refractivity contribution in [3.8, 4) is 0 Å². The summed E-state index contributed by atoms with van der Waals surface area (Å²) in [6, 6.07) is -0.0439. The fourth-order valence-electron chi connectivity index (χ4n) is 3.67. The summed E-state index contributed by atoms with van der Waals surface area (Å²) in [5.74, 6) is -0.655. The van der Waals surface area contributed by atoms with Crippen LogP contribution < -0.4 is 15.9 Å². The molecule has 0 bridgehead atoms. The Labute approximate surface area is 179 Å². The zero-order chi connectivity index (χ0) is 22.5. The molecule has 2 rings (SSSR count). The van der Waals surface area contributed by atoms with Crippen molar-refractivity contribution in [1.29, 1.82) is 0 Å². The van der Waals surface area contributed by atoms with Crippen molar-refractivity contribution in [2.75, 3.05) is 6.61 Å². The fourth-order valence-corrected chi connectivity index (χ4v) is 5.61. The highest BCUT2D eigenvalue weighted by molar-refractivity contribution is 7.54. The van der Waals surface area contributed by atoms with Crippen LogP contribution in [-0.2, 0) is 18.6 Å². The molecule has 4 N–H and O–H groups in total. The van der Waals surface area contributed by atoms with Crippen LogP contribution in [0.3, 0.4) is 0 Å². The van der Waals surface area contributed by atoms with E-state index in [2.05, 4.69) is 23.3 Å². The van der Waals surface area contributed by atoms with Crippen LogP contribution in [0, 0.1) is 11.8 Å². The van der Waals surface area contributed by atoms with Crippen molar-refractivity contribution in [3.05, 3.63) is 49.4 Å². The number of amides is 1. The molecule has 0 aliphatic carbocycles. The predicted octanol–water partition coefficient (Wildman–Crippen LogP) is 3.03. The van der Waals surface area contributed by atoms with Gasteiger partial charge in [-0.15, -0.1) is 13.2 Å². The van der Waals surface area contributed by atoms with E-state index in [4.69, 9.17) is 15.0 Å². The largest absolute Gasteiger partial charge is 0.366 e. The number of hydrogen-bond donors (Lipinski definition) is 3. The van der Waals surface area contributed by atoms with E-state index in [9.17, 15) is 9.36 Å². The average Bonchev–Trinajstić information content (AvgIpc) is 3.02. The Morgan fingerprint density at radius 2 is 1.90 bits per heavy atom. The first-order chi connectivity index (χ1) is 14.1. The molecule has 0 unspecified atom stereocenters. The number of rotatable bonds is 11. The molecule has 2 heterocycles. The third-order valence-corrected chi connectivity index (χ3v) is 7.09. The van der Waals surface area contributed by atoms with Crippen LogP contribution in [0.15, 0.2) is 49.4 Å². The summed E-state index contributed by atoms with van der Waals surface area (Å²) in [6.07, 6.45) is 8.76. The van der Waals surface area contributed by atoms with E-state index in [0.29, 0.717) is 12.0 Å². The highest BCUT2D eigenvalue weighted by Crippen LogP contribution is 2.43. The zero-order valence-electron chi connectivity index (χ0n) is 18.3. The number of primary amides is 1. The normalized spacial score (nSPS) is 26.9. The van der Waals surface area contributed by atoms with Gasteiger partial charge in [-0.3, -0.25) is 9.36 Å². The average molecular weight is 439 g/mol. The van der Waals surface area contributed by atoms with Crippen molar-refractivity contribution in [2.24, 2.45) is 17.6 Å². The minimum absolute atomic E-state index is 0.0219. The maximum absolute atomic E-state index is 13.2. The third kappa shape index (κ3) is 6.15. The Kier molecular flexibility index (Phi) is 8.64. The minimum Gasteiger partial charge on any atom is -0.366 e. The van der Waals surface area contributed by atoms with Crippen LogP contribution in [0.1, 0.15) is 34.1 Å². The number of nitrogens with two attached hydrogens (primary N) is 1. The fraction of sp³-hybridized carbons (Fsp3) is 0.571. The molecule has 2 aliphatic heterocycles. The lowest BCUT2D eigenvalue weighted by atomic mass is 9.89. The van der Waals surface area contributed by atoms with Crippen LogP contribution in [0.2, 0.25) is 0 Å². The Bertz CT molecular complexity index is 735. The monoisotopic (exact) mass is 438 g/mol. The maximum atomic E-state index is 13.2.